The van der Waals surface area contributed by atoms with Crippen LogP contribution in [0.5, 0.6) is 0 Å². The maximum Gasteiger partial charge on any atom is 0.184 e. The summed E-state index contributed by atoms with van der Waals surface area (Å²) < 4.78 is 14.4. The Morgan fingerprint density at radius 1 is 1.12 bits per heavy atom. The molecule has 3 N–H and O–H groups in total. The highest BCUT2D eigenvalue weighted by molar-refractivity contribution is 7.22. The van der Waals surface area contributed by atoms with Gasteiger partial charge >= 0.3 is 0 Å². The maximum atomic E-state index is 13.3. The number of fused-ring (bicyclic) bond motifs is 1. The molecule has 4 rings (SSSR count). The number of nitrogens with zero attached hydrogens (tertiary/aromatic N) is 2. The number of anilines is 1. The third kappa shape index (κ3) is 3.42. The summed E-state index contributed by atoms with van der Waals surface area (Å²) in [5, 5.41) is 4.09. The van der Waals surface area contributed by atoms with Crippen molar-refractivity contribution in [1.82, 2.24) is 9.97 Å². The van der Waals surface area contributed by atoms with E-state index in [1.165, 1.54) is 12.1 Å². The van der Waals surface area contributed by atoms with E-state index >= 15 is 0 Å². The first-order chi connectivity index (χ1) is 12.7. The van der Waals surface area contributed by atoms with Crippen molar-refractivity contribution in [3.63, 3.8) is 0 Å². The zero-order valence-corrected chi connectivity index (χ0v) is 14.8. The molecule has 0 amide bonds. The molecule has 0 bridgehead atoms. The fourth-order valence-electron chi connectivity index (χ4n) is 2.86. The minimum absolute atomic E-state index is 0.230. The molecule has 0 unspecified atom stereocenters. The molecular formula is C20H17FN4S. The minimum Gasteiger partial charge on any atom is -0.357 e. The van der Waals surface area contributed by atoms with Gasteiger partial charge in [0.15, 0.2) is 5.13 Å². The highest BCUT2D eigenvalue weighted by Gasteiger charge is 2.08. The van der Waals surface area contributed by atoms with Crippen LogP contribution in [0, 0.1) is 5.82 Å². The summed E-state index contributed by atoms with van der Waals surface area (Å²) in [5.41, 5.74) is 10.8. The first kappa shape index (κ1) is 16.6. The molecular weight excluding hydrogens is 347 g/mol. The van der Waals surface area contributed by atoms with Crippen LogP contribution in [0.4, 0.5) is 9.52 Å². The Kier molecular flexibility index (Phi) is 4.60. The number of rotatable bonds is 5. The van der Waals surface area contributed by atoms with E-state index in [1.54, 1.807) is 29.8 Å². The van der Waals surface area contributed by atoms with Crippen molar-refractivity contribution < 1.29 is 4.39 Å². The van der Waals surface area contributed by atoms with Crippen molar-refractivity contribution in [3.05, 3.63) is 77.9 Å². The molecule has 130 valence electrons. The van der Waals surface area contributed by atoms with Gasteiger partial charge in [0.2, 0.25) is 0 Å². The summed E-state index contributed by atoms with van der Waals surface area (Å²) in [5.74, 6) is -0.230. The summed E-state index contributed by atoms with van der Waals surface area (Å²) >= 11 is 1.58. The molecule has 0 saturated heterocycles. The van der Waals surface area contributed by atoms with Crippen LogP contribution in [0.3, 0.4) is 0 Å². The van der Waals surface area contributed by atoms with Crippen molar-refractivity contribution in [1.29, 1.82) is 0 Å². The minimum atomic E-state index is -0.230. The molecule has 0 aliphatic carbocycles. The summed E-state index contributed by atoms with van der Waals surface area (Å²) in [6.07, 6.45) is 3.58. The quantitative estimate of drug-likeness (QED) is 0.544. The molecule has 0 aliphatic heterocycles. The number of aromatic nitrogens is 2. The van der Waals surface area contributed by atoms with Crippen LogP contribution in [-0.4, -0.2) is 9.97 Å². The van der Waals surface area contributed by atoms with Gasteiger partial charge < -0.3 is 11.1 Å². The van der Waals surface area contributed by atoms with Crippen molar-refractivity contribution >= 4 is 26.7 Å². The highest BCUT2D eigenvalue weighted by atomic mass is 32.1. The summed E-state index contributed by atoms with van der Waals surface area (Å²) in [6.45, 7) is 0.983. The van der Waals surface area contributed by atoms with Gasteiger partial charge in [-0.25, -0.2) is 9.37 Å². The van der Waals surface area contributed by atoms with E-state index in [0.29, 0.717) is 13.1 Å². The number of thiazole rings is 1. The average Bonchev–Trinajstić information content (AvgIpc) is 3.08. The van der Waals surface area contributed by atoms with Gasteiger partial charge in [-0.1, -0.05) is 29.5 Å². The number of nitrogens with two attached hydrogens (primary N) is 1. The first-order valence-electron chi connectivity index (χ1n) is 8.25. The van der Waals surface area contributed by atoms with E-state index < -0.39 is 0 Å². The van der Waals surface area contributed by atoms with Crippen LogP contribution in [-0.2, 0) is 13.1 Å². The second-order valence-electron chi connectivity index (χ2n) is 5.92. The molecule has 0 aliphatic rings. The second-order valence-corrected chi connectivity index (χ2v) is 6.95. The van der Waals surface area contributed by atoms with Gasteiger partial charge in [0.1, 0.15) is 5.82 Å². The van der Waals surface area contributed by atoms with Gasteiger partial charge in [-0.2, -0.15) is 0 Å². The van der Waals surface area contributed by atoms with E-state index in [0.717, 1.165) is 37.6 Å². The largest absolute Gasteiger partial charge is 0.357 e. The van der Waals surface area contributed by atoms with Crippen LogP contribution in [0.1, 0.15) is 11.1 Å². The predicted molar refractivity (Wildman–Crippen MR) is 104 cm³/mol. The van der Waals surface area contributed by atoms with Crippen LogP contribution in [0.25, 0.3) is 21.3 Å². The standard InChI is InChI=1S/C20H17FN4S/c21-16-3-1-2-13(8-16)11-24-20-25-18-5-4-14(9-19(18)26-20)17-6-7-23-12-15(17)10-22/h1-9,12H,10-11,22H2,(H,24,25). The van der Waals surface area contributed by atoms with E-state index in [9.17, 15) is 4.39 Å². The first-order valence-corrected chi connectivity index (χ1v) is 9.07. The second kappa shape index (κ2) is 7.19. The normalized spacial score (nSPS) is 11.0. The third-order valence-electron chi connectivity index (χ3n) is 4.16. The molecule has 0 spiro atoms. The van der Waals surface area contributed by atoms with Crippen LogP contribution in [0.2, 0.25) is 0 Å². The molecule has 2 aromatic carbocycles. The molecule has 2 aromatic heterocycles. The zero-order valence-electron chi connectivity index (χ0n) is 13.9. The van der Waals surface area contributed by atoms with Gasteiger partial charge in [-0.15, -0.1) is 0 Å². The van der Waals surface area contributed by atoms with Crippen molar-refractivity contribution in [2.24, 2.45) is 5.73 Å². The smallest absolute Gasteiger partial charge is 0.184 e. The van der Waals surface area contributed by atoms with Gasteiger partial charge in [0.25, 0.3) is 0 Å². The Morgan fingerprint density at radius 3 is 2.88 bits per heavy atom. The number of hydrogen-bond acceptors (Lipinski definition) is 5. The van der Waals surface area contributed by atoms with Crippen molar-refractivity contribution in [2.75, 3.05) is 5.32 Å². The Morgan fingerprint density at radius 2 is 2.04 bits per heavy atom. The fraction of sp³-hybridized carbons (Fsp3) is 0.100. The van der Waals surface area contributed by atoms with Crippen LogP contribution in [0.15, 0.2) is 60.9 Å². The number of benzene rings is 2. The molecule has 0 atom stereocenters. The molecule has 0 radical (unpaired) electrons. The molecule has 0 fully saturated rings. The molecule has 6 heteroatoms. The SMILES string of the molecule is NCc1cnccc1-c1ccc2nc(NCc3cccc(F)c3)sc2c1. The lowest BCUT2D eigenvalue weighted by Crippen LogP contribution is -1.99. The Balaban J connectivity index is 1.60. The molecule has 26 heavy (non-hydrogen) atoms. The zero-order chi connectivity index (χ0) is 17.9. The van der Waals surface area contributed by atoms with Gasteiger partial charge in [0, 0.05) is 25.5 Å². The third-order valence-corrected chi connectivity index (χ3v) is 5.13. The predicted octanol–water partition coefficient (Wildman–Crippen LogP) is 4.57. The Bertz CT molecular complexity index is 1060. The summed E-state index contributed by atoms with van der Waals surface area (Å²) in [7, 11) is 0. The number of hydrogen-bond donors (Lipinski definition) is 2. The maximum absolute atomic E-state index is 13.3. The van der Waals surface area contributed by atoms with Crippen LogP contribution < -0.4 is 11.1 Å². The molecule has 2 heterocycles. The number of halogens is 1. The van der Waals surface area contributed by atoms with Gasteiger partial charge in [-0.3, -0.25) is 4.98 Å². The number of nitrogens with one attached hydrogen (secondary N) is 1. The lowest BCUT2D eigenvalue weighted by molar-refractivity contribution is 0.626. The average molecular weight is 364 g/mol. The molecule has 0 saturated carbocycles. The molecule has 4 aromatic rings. The fourth-order valence-corrected chi connectivity index (χ4v) is 3.76. The summed E-state index contributed by atoms with van der Waals surface area (Å²) in [6, 6.07) is 14.7. The lowest BCUT2D eigenvalue weighted by atomic mass is 10.0. The van der Waals surface area contributed by atoms with Gasteiger partial charge in [0.05, 0.1) is 10.2 Å². The Labute approximate surface area is 154 Å². The van der Waals surface area contributed by atoms with Crippen molar-refractivity contribution in [3.8, 4) is 11.1 Å². The monoisotopic (exact) mass is 364 g/mol. The number of pyridine rings is 1. The van der Waals surface area contributed by atoms with Gasteiger partial charge in [-0.05, 0) is 52.6 Å². The van der Waals surface area contributed by atoms with E-state index in [1.807, 2.05) is 24.3 Å². The Hall–Kier alpha value is -2.83. The molecule has 4 nitrogen and oxygen atoms in total. The summed E-state index contributed by atoms with van der Waals surface area (Å²) in [4.78, 5) is 8.75. The van der Waals surface area contributed by atoms with Crippen LogP contribution >= 0.6 is 11.3 Å². The van der Waals surface area contributed by atoms with Crippen molar-refractivity contribution in [2.45, 2.75) is 13.1 Å². The van der Waals surface area contributed by atoms with E-state index in [4.69, 9.17) is 5.73 Å². The van der Waals surface area contributed by atoms with E-state index in [2.05, 4.69) is 21.4 Å². The lowest BCUT2D eigenvalue weighted by Gasteiger charge is -2.06. The van der Waals surface area contributed by atoms with E-state index in [-0.39, 0.29) is 5.82 Å². The topological polar surface area (TPSA) is 63.8 Å². The highest BCUT2D eigenvalue weighted by Crippen LogP contribution is 2.31.